The van der Waals surface area contributed by atoms with Crippen LogP contribution in [0.2, 0.25) is 0 Å². The smallest absolute Gasteiger partial charge is 0.387 e. The first kappa shape index (κ1) is 19.0. The Morgan fingerprint density at radius 2 is 1.83 bits per heavy atom. The lowest BCUT2D eigenvalue weighted by atomic mass is 10.1. The number of carbonyl (C=O) groups is 1. The zero-order valence-corrected chi connectivity index (χ0v) is 16.1. The molecule has 1 amide bonds. The molecule has 0 spiro atoms. The molecule has 0 aliphatic heterocycles. The third-order valence-corrected chi connectivity index (χ3v) is 5.19. The molecule has 3 aromatic heterocycles. The van der Waals surface area contributed by atoms with Crippen molar-refractivity contribution >= 4 is 33.7 Å². The van der Waals surface area contributed by atoms with Crippen LogP contribution in [0.25, 0.3) is 22.1 Å². The molecule has 0 saturated heterocycles. The molecule has 0 fully saturated rings. The zero-order valence-electron chi connectivity index (χ0n) is 14.5. The lowest BCUT2D eigenvalue weighted by Gasteiger charge is -2.08. The first-order valence-corrected chi connectivity index (χ1v) is 9.90. The fourth-order valence-corrected chi connectivity index (χ4v) is 3.83. The summed E-state index contributed by atoms with van der Waals surface area (Å²) in [6.07, 6.45) is 3.19. The Morgan fingerprint density at radius 1 is 1.03 bits per heavy atom. The molecule has 1 N–H and O–H groups in total. The third-order valence-electron chi connectivity index (χ3n) is 3.60. The number of hydrogen-bond donors (Lipinski definition) is 1. The van der Waals surface area contributed by atoms with Gasteiger partial charge in [0.15, 0.2) is 16.0 Å². The Labute approximate surface area is 171 Å². The number of amides is 1. The summed E-state index contributed by atoms with van der Waals surface area (Å²) in [7, 11) is 0. The third kappa shape index (κ3) is 4.41. The van der Waals surface area contributed by atoms with Crippen LogP contribution in [-0.2, 0) is 0 Å². The van der Waals surface area contributed by atoms with E-state index < -0.39 is 12.5 Å². The minimum absolute atomic E-state index is 0.0117. The van der Waals surface area contributed by atoms with Gasteiger partial charge >= 0.3 is 6.61 Å². The number of para-hydroxylation sites is 1. The van der Waals surface area contributed by atoms with E-state index in [2.05, 4.69) is 30.0 Å². The molecule has 3 heterocycles. The number of hydrogen-bond acceptors (Lipinski definition) is 8. The van der Waals surface area contributed by atoms with Gasteiger partial charge in [0.05, 0.1) is 5.69 Å². The molecule has 0 atom stereocenters. The minimum atomic E-state index is -2.94. The number of thiazole rings is 2. The summed E-state index contributed by atoms with van der Waals surface area (Å²) in [5, 5.41) is 6.73. The highest BCUT2D eigenvalue weighted by Gasteiger charge is 2.17. The van der Waals surface area contributed by atoms with Crippen LogP contribution in [0.1, 0.15) is 10.5 Å². The van der Waals surface area contributed by atoms with Crippen molar-refractivity contribution in [2.75, 3.05) is 5.32 Å². The normalized spacial score (nSPS) is 10.9. The van der Waals surface area contributed by atoms with Crippen molar-refractivity contribution in [2.45, 2.75) is 6.61 Å². The summed E-state index contributed by atoms with van der Waals surface area (Å²) >= 11 is 2.41. The number of rotatable bonds is 6. The predicted octanol–water partition coefficient (Wildman–Crippen LogP) is 4.58. The standard InChI is InChI=1S/C18H11F2N5O2S2/c19-17(20)27-13-5-2-1-4-10(13)11-8-29-18(24-11)25-15(26)12-9-28-16(23-12)14-21-6-3-7-22-14/h1-9,17H,(H,24,25,26). The molecule has 0 aliphatic carbocycles. The number of alkyl halides is 2. The second-order valence-electron chi connectivity index (χ2n) is 5.48. The Hall–Kier alpha value is -3.31. The molecule has 0 bridgehead atoms. The maximum atomic E-state index is 12.6. The number of ether oxygens (including phenoxy) is 1. The lowest BCUT2D eigenvalue weighted by Crippen LogP contribution is -2.12. The molecule has 4 aromatic rings. The van der Waals surface area contributed by atoms with Gasteiger partial charge in [-0.3, -0.25) is 10.1 Å². The van der Waals surface area contributed by atoms with E-state index in [9.17, 15) is 13.6 Å². The van der Waals surface area contributed by atoms with Crippen LogP contribution >= 0.6 is 22.7 Å². The quantitative estimate of drug-likeness (QED) is 0.481. The SMILES string of the molecule is O=C(Nc1nc(-c2ccccc2OC(F)F)cs1)c1csc(-c2ncccn2)n1. The molecule has 7 nitrogen and oxygen atoms in total. The van der Waals surface area contributed by atoms with Crippen molar-refractivity contribution in [3.05, 3.63) is 59.2 Å². The van der Waals surface area contributed by atoms with Gasteiger partial charge in [0.2, 0.25) is 0 Å². The van der Waals surface area contributed by atoms with Gasteiger partial charge in [0.1, 0.15) is 11.4 Å². The van der Waals surface area contributed by atoms with Crippen LogP contribution in [0.4, 0.5) is 13.9 Å². The van der Waals surface area contributed by atoms with Crippen molar-refractivity contribution < 1.29 is 18.3 Å². The number of anilines is 1. The van der Waals surface area contributed by atoms with Gasteiger partial charge in [0.25, 0.3) is 5.91 Å². The van der Waals surface area contributed by atoms with E-state index in [4.69, 9.17) is 0 Å². The van der Waals surface area contributed by atoms with Gasteiger partial charge < -0.3 is 4.74 Å². The predicted molar refractivity (Wildman–Crippen MR) is 105 cm³/mol. The summed E-state index contributed by atoms with van der Waals surface area (Å²) in [5.74, 6) is 0.00264. The highest BCUT2D eigenvalue weighted by atomic mass is 32.1. The number of nitrogens with zero attached hydrogens (tertiary/aromatic N) is 4. The monoisotopic (exact) mass is 431 g/mol. The number of benzene rings is 1. The first-order chi connectivity index (χ1) is 14.1. The number of halogens is 2. The summed E-state index contributed by atoms with van der Waals surface area (Å²) in [6, 6.07) is 8.02. The van der Waals surface area contributed by atoms with E-state index in [1.54, 1.807) is 47.4 Å². The number of aromatic nitrogens is 4. The van der Waals surface area contributed by atoms with Crippen LogP contribution in [0.15, 0.2) is 53.5 Å². The summed E-state index contributed by atoms with van der Waals surface area (Å²) in [4.78, 5) is 29.2. The molecule has 0 aliphatic rings. The van der Waals surface area contributed by atoms with Crippen LogP contribution in [-0.4, -0.2) is 32.5 Å². The van der Waals surface area contributed by atoms with Crippen molar-refractivity contribution in [1.82, 2.24) is 19.9 Å². The van der Waals surface area contributed by atoms with Crippen LogP contribution in [0.5, 0.6) is 5.75 Å². The Bertz CT molecular complexity index is 1130. The Balaban J connectivity index is 1.50. The number of carbonyl (C=O) groups excluding carboxylic acids is 1. The van der Waals surface area contributed by atoms with E-state index in [0.29, 0.717) is 27.2 Å². The van der Waals surface area contributed by atoms with E-state index in [-0.39, 0.29) is 11.4 Å². The number of nitrogens with one attached hydrogen (secondary N) is 1. The summed E-state index contributed by atoms with van der Waals surface area (Å²) in [6.45, 7) is -2.94. The second kappa shape index (κ2) is 8.37. The molecule has 0 radical (unpaired) electrons. The zero-order chi connectivity index (χ0) is 20.2. The lowest BCUT2D eigenvalue weighted by molar-refractivity contribution is -0.0494. The fraction of sp³-hybridized carbons (Fsp3) is 0.0556. The van der Waals surface area contributed by atoms with Gasteiger partial charge in [-0.15, -0.1) is 22.7 Å². The minimum Gasteiger partial charge on any atom is -0.434 e. The van der Waals surface area contributed by atoms with E-state index in [1.807, 2.05) is 0 Å². The van der Waals surface area contributed by atoms with Gasteiger partial charge in [-0.05, 0) is 18.2 Å². The molecular weight excluding hydrogens is 420 g/mol. The Morgan fingerprint density at radius 3 is 2.62 bits per heavy atom. The highest BCUT2D eigenvalue weighted by molar-refractivity contribution is 7.14. The second-order valence-corrected chi connectivity index (χ2v) is 7.19. The molecule has 11 heteroatoms. The topological polar surface area (TPSA) is 89.9 Å². The molecule has 1 aromatic carbocycles. The molecular formula is C18H11F2N5O2S2. The molecule has 0 saturated carbocycles. The largest absolute Gasteiger partial charge is 0.434 e. The average molecular weight is 431 g/mol. The van der Waals surface area contributed by atoms with Crippen LogP contribution < -0.4 is 10.1 Å². The van der Waals surface area contributed by atoms with Gasteiger partial charge in [0, 0.05) is 28.7 Å². The highest BCUT2D eigenvalue weighted by Crippen LogP contribution is 2.33. The molecule has 0 unspecified atom stereocenters. The molecule has 29 heavy (non-hydrogen) atoms. The van der Waals surface area contributed by atoms with E-state index in [1.165, 1.54) is 17.4 Å². The van der Waals surface area contributed by atoms with E-state index in [0.717, 1.165) is 11.3 Å². The fourth-order valence-electron chi connectivity index (χ4n) is 2.38. The van der Waals surface area contributed by atoms with Gasteiger partial charge in [-0.2, -0.15) is 8.78 Å². The maximum Gasteiger partial charge on any atom is 0.387 e. The van der Waals surface area contributed by atoms with Crippen molar-refractivity contribution in [2.24, 2.45) is 0 Å². The molecule has 146 valence electrons. The van der Waals surface area contributed by atoms with Crippen molar-refractivity contribution in [3.8, 4) is 27.8 Å². The average Bonchev–Trinajstić information content (AvgIpc) is 3.38. The van der Waals surface area contributed by atoms with Crippen molar-refractivity contribution in [1.29, 1.82) is 0 Å². The van der Waals surface area contributed by atoms with Crippen LogP contribution in [0, 0.1) is 0 Å². The maximum absolute atomic E-state index is 12.6. The Kier molecular flexibility index (Phi) is 5.49. The van der Waals surface area contributed by atoms with Gasteiger partial charge in [-0.1, -0.05) is 12.1 Å². The van der Waals surface area contributed by atoms with Gasteiger partial charge in [-0.25, -0.2) is 19.9 Å². The first-order valence-electron chi connectivity index (χ1n) is 8.14. The van der Waals surface area contributed by atoms with Crippen LogP contribution in [0.3, 0.4) is 0 Å². The van der Waals surface area contributed by atoms with Crippen molar-refractivity contribution in [3.63, 3.8) is 0 Å². The summed E-state index contributed by atoms with van der Waals surface area (Å²) in [5.41, 5.74) is 1.02. The van der Waals surface area contributed by atoms with E-state index >= 15 is 0 Å². The molecule has 4 rings (SSSR count). The summed E-state index contributed by atoms with van der Waals surface area (Å²) < 4.78 is 29.7.